The van der Waals surface area contributed by atoms with Gasteiger partial charge in [-0.25, -0.2) is 9.00 Å². The molecule has 4 rings (SSSR count). The number of rotatable bonds is 16. The zero-order valence-corrected chi connectivity index (χ0v) is 27.5. The number of carbonyl (C=O) groups excluding carboxylic acids is 2. The van der Waals surface area contributed by atoms with Gasteiger partial charge < -0.3 is 18.8 Å². The second-order valence-electron chi connectivity index (χ2n) is 10.6. The van der Waals surface area contributed by atoms with Gasteiger partial charge in [0.2, 0.25) is 5.88 Å². The van der Waals surface area contributed by atoms with E-state index in [0.29, 0.717) is 31.1 Å². The summed E-state index contributed by atoms with van der Waals surface area (Å²) in [6.07, 6.45) is 1.44. The van der Waals surface area contributed by atoms with E-state index < -0.39 is 23.4 Å². The third-order valence-electron chi connectivity index (χ3n) is 7.17. The van der Waals surface area contributed by atoms with Gasteiger partial charge in [-0.2, -0.15) is 9.29 Å². The van der Waals surface area contributed by atoms with E-state index >= 15 is 0 Å². The van der Waals surface area contributed by atoms with E-state index in [1.54, 1.807) is 7.11 Å². The Morgan fingerprint density at radius 1 is 1.07 bits per heavy atom. The number of hydrogen-bond donors (Lipinski definition) is 1. The molecule has 2 aromatic carbocycles. The van der Waals surface area contributed by atoms with Crippen LogP contribution in [0.25, 0.3) is 22.5 Å². The van der Waals surface area contributed by atoms with Crippen LogP contribution in [0.3, 0.4) is 0 Å². The first kappa shape index (κ1) is 34.0. The standard InChI is InChI=1S/C33H39N3O7S2/c1-5-6-17-43-33(38)36(45(39)40)29(23(2)3)30-27(16-20-44-30)25-14-12-24(13-15-25)21-35-28(22-37)32(42-19-18-41-4)34-31(35)26-10-8-7-9-11-26/h7-16,20,22-23,29H,5-6,17-19,21H2,1-4H3,(H,39,40). The number of thiophene rings is 1. The van der Waals surface area contributed by atoms with Crippen LogP contribution < -0.4 is 4.74 Å². The monoisotopic (exact) mass is 653 g/mol. The van der Waals surface area contributed by atoms with Crippen LogP contribution in [-0.2, 0) is 27.3 Å². The first-order valence-corrected chi connectivity index (χ1v) is 16.7. The Morgan fingerprint density at radius 3 is 2.42 bits per heavy atom. The van der Waals surface area contributed by atoms with E-state index in [2.05, 4.69) is 4.98 Å². The molecule has 0 radical (unpaired) electrons. The summed E-state index contributed by atoms with van der Waals surface area (Å²) in [5.41, 5.74) is 3.85. The highest BCUT2D eigenvalue weighted by atomic mass is 32.2. The van der Waals surface area contributed by atoms with E-state index in [4.69, 9.17) is 14.2 Å². The largest absolute Gasteiger partial charge is 0.474 e. The van der Waals surface area contributed by atoms with E-state index in [-0.39, 0.29) is 25.0 Å². The van der Waals surface area contributed by atoms with Crippen molar-refractivity contribution >= 4 is 35.0 Å². The molecule has 2 atom stereocenters. The molecule has 2 unspecified atom stereocenters. The molecule has 0 saturated heterocycles. The molecule has 0 aliphatic rings. The molecule has 0 saturated carbocycles. The van der Waals surface area contributed by atoms with Crippen molar-refractivity contribution in [1.82, 2.24) is 13.9 Å². The van der Waals surface area contributed by atoms with E-state index in [0.717, 1.165) is 44.1 Å². The van der Waals surface area contributed by atoms with E-state index in [9.17, 15) is 18.4 Å². The molecule has 45 heavy (non-hydrogen) atoms. The van der Waals surface area contributed by atoms with Crippen molar-refractivity contribution in [3.05, 3.63) is 82.2 Å². The highest BCUT2D eigenvalue weighted by Crippen LogP contribution is 2.40. The number of carbonyl (C=O) groups is 2. The Hall–Kier alpha value is -3.84. The lowest BCUT2D eigenvalue weighted by Crippen LogP contribution is -2.39. The molecule has 2 aromatic heterocycles. The van der Waals surface area contributed by atoms with Crippen molar-refractivity contribution in [2.24, 2.45) is 5.92 Å². The summed E-state index contributed by atoms with van der Waals surface area (Å²) in [5, 5.41) is 1.91. The predicted molar refractivity (Wildman–Crippen MR) is 176 cm³/mol. The lowest BCUT2D eigenvalue weighted by atomic mass is 9.96. The summed E-state index contributed by atoms with van der Waals surface area (Å²) >= 11 is -1.15. The molecule has 0 aliphatic heterocycles. The minimum Gasteiger partial charge on any atom is -0.474 e. The maximum absolute atomic E-state index is 12.9. The summed E-state index contributed by atoms with van der Waals surface area (Å²) < 4.78 is 41.6. The molecule has 1 N–H and O–H groups in total. The fourth-order valence-electron chi connectivity index (χ4n) is 4.94. The number of aldehydes is 1. The third kappa shape index (κ3) is 8.26. The first-order valence-electron chi connectivity index (χ1n) is 14.8. The molecule has 2 heterocycles. The van der Waals surface area contributed by atoms with E-state index in [1.807, 2.05) is 91.4 Å². The van der Waals surface area contributed by atoms with Gasteiger partial charge >= 0.3 is 6.09 Å². The average Bonchev–Trinajstić information content (AvgIpc) is 3.65. The average molecular weight is 654 g/mol. The maximum atomic E-state index is 12.9. The SMILES string of the molecule is CCCCOC(=O)N(C(c1sccc1-c1ccc(Cn2c(-c3ccccc3)nc(OCCOC)c2C=O)cc1)C(C)C)S(=O)O. The smallest absolute Gasteiger partial charge is 0.424 e. The molecular formula is C33H39N3O7S2. The van der Waals surface area contributed by atoms with Crippen LogP contribution in [0.4, 0.5) is 4.79 Å². The molecule has 0 fully saturated rings. The first-order chi connectivity index (χ1) is 21.8. The highest BCUT2D eigenvalue weighted by Gasteiger charge is 2.36. The van der Waals surface area contributed by atoms with Gasteiger partial charge in [0.25, 0.3) is 11.3 Å². The van der Waals surface area contributed by atoms with Gasteiger partial charge in [0, 0.05) is 24.1 Å². The van der Waals surface area contributed by atoms with Crippen molar-refractivity contribution in [2.75, 3.05) is 26.9 Å². The molecule has 240 valence electrons. The number of hydrogen-bond acceptors (Lipinski definition) is 8. The Kier molecular flexibility index (Phi) is 12.5. The van der Waals surface area contributed by atoms with E-state index in [1.165, 1.54) is 11.3 Å². The zero-order valence-electron chi connectivity index (χ0n) is 25.9. The van der Waals surface area contributed by atoms with Gasteiger partial charge in [0.05, 0.1) is 19.3 Å². The lowest BCUT2D eigenvalue weighted by molar-refractivity contribution is 0.107. The van der Waals surface area contributed by atoms with Gasteiger partial charge in [-0.1, -0.05) is 81.8 Å². The normalized spacial score (nSPS) is 12.6. The van der Waals surface area contributed by atoms with Crippen molar-refractivity contribution in [2.45, 2.75) is 46.2 Å². The number of unbranched alkanes of at least 4 members (excludes halogenated alkanes) is 1. The van der Waals surface area contributed by atoms with Crippen molar-refractivity contribution in [3.8, 4) is 28.4 Å². The molecule has 4 aromatic rings. The Balaban J connectivity index is 1.65. The Labute approximate surface area is 270 Å². The molecule has 12 heteroatoms. The fraction of sp³-hybridized carbons (Fsp3) is 0.364. The summed E-state index contributed by atoms with van der Waals surface area (Å²) in [4.78, 5) is 30.6. The summed E-state index contributed by atoms with van der Waals surface area (Å²) in [7, 11) is 1.58. The van der Waals surface area contributed by atoms with Crippen LogP contribution in [0.2, 0.25) is 0 Å². The van der Waals surface area contributed by atoms with Crippen molar-refractivity contribution in [3.63, 3.8) is 0 Å². The summed E-state index contributed by atoms with van der Waals surface area (Å²) in [6.45, 7) is 6.96. The van der Waals surface area contributed by atoms with Gasteiger partial charge in [0.1, 0.15) is 18.1 Å². The summed E-state index contributed by atoms with van der Waals surface area (Å²) in [5.74, 6) is 0.687. The Bertz CT molecular complexity index is 1570. The third-order valence-corrected chi connectivity index (χ3v) is 8.87. The molecule has 0 bridgehead atoms. The molecule has 1 amide bonds. The molecule has 0 spiro atoms. The predicted octanol–water partition coefficient (Wildman–Crippen LogP) is 7.24. The quantitative estimate of drug-likeness (QED) is 0.0764. The van der Waals surface area contributed by atoms with Crippen molar-refractivity contribution in [1.29, 1.82) is 0 Å². The van der Waals surface area contributed by atoms with Gasteiger partial charge in [0.15, 0.2) is 6.29 Å². The van der Waals surface area contributed by atoms with Gasteiger partial charge in [-0.05, 0) is 40.5 Å². The van der Waals surface area contributed by atoms with Gasteiger partial charge in [-0.3, -0.25) is 9.35 Å². The number of amides is 1. The number of imidazole rings is 1. The minimum absolute atomic E-state index is 0.170. The molecular weight excluding hydrogens is 615 g/mol. The number of methoxy groups -OCH3 is 1. The topological polar surface area (TPSA) is 120 Å². The van der Waals surface area contributed by atoms with Crippen LogP contribution in [0.15, 0.2) is 66.0 Å². The number of ether oxygens (including phenoxy) is 3. The molecule has 10 nitrogen and oxygen atoms in total. The van der Waals surface area contributed by atoms with Gasteiger partial charge in [-0.15, -0.1) is 11.3 Å². The van der Waals surface area contributed by atoms with Crippen LogP contribution >= 0.6 is 11.3 Å². The summed E-state index contributed by atoms with van der Waals surface area (Å²) in [6, 6.07) is 18.7. The Morgan fingerprint density at radius 2 is 1.80 bits per heavy atom. The van der Waals surface area contributed by atoms with Crippen LogP contribution in [0.1, 0.15) is 60.6 Å². The van der Waals surface area contributed by atoms with Crippen LogP contribution in [-0.4, -0.2) is 61.9 Å². The highest BCUT2D eigenvalue weighted by molar-refractivity contribution is 7.77. The number of nitrogens with zero attached hydrogens (tertiary/aromatic N) is 3. The fourth-order valence-corrected chi connectivity index (χ4v) is 6.91. The zero-order chi connectivity index (χ0) is 32.3. The van der Waals surface area contributed by atoms with Crippen LogP contribution in [0, 0.1) is 5.92 Å². The second kappa shape index (κ2) is 16.5. The van der Waals surface area contributed by atoms with Crippen LogP contribution in [0.5, 0.6) is 5.88 Å². The number of aromatic nitrogens is 2. The number of benzene rings is 2. The minimum atomic E-state index is -2.58. The molecule has 0 aliphatic carbocycles. The van der Waals surface area contributed by atoms with Crippen molar-refractivity contribution < 1.29 is 32.6 Å². The lowest BCUT2D eigenvalue weighted by Gasteiger charge is -2.30. The maximum Gasteiger partial charge on any atom is 0.424 e. The second-order valence-corrected chi connectivity index (χ2v) is 12.4.